The first-order valence-electron chi connectivity index (χ1n) is 4.04. The average Bonchev–Trinajstić information content (AvgIpc) is 1.96. The Kier molecular flexibility index (Phi) is 2.48. The minimum atomic E-state index is -0.232. The van der Waals surface area contributed by atoms with Gasteiger partial charge in [-0.05, 0) is 38.0 Å². The van der Waals surface area contributed by atoms with E-state index in [4.69, 9.17) is 5.73 Å². The Bertz CT molecular complexity index is 292. The molecule has 0 bridgehead atoms. The van der Waals surface area contributed by atoms with Crippen LogP contribution in [-0.4, -0.2) is 0 Å². The second kappa shape index (κ2) is 3.23. The summed E-state index contributed by atoms with van der Waals surface area (Å²) in [6.07, 6.45) is 0. The summed E-state index contributed by atoms with van der Waals surface area (Å²) in [6, 6.07) is 3.12. The smallest absolute Gasteiger partial charge is 0.128 e. The Morgan fingerprint density at radius 1 is 1.25 bits per heavy atom. The molecule has 1 unspecified atom stereocenters. The van der Waals surface area contributed by atoms with E-state index in [9.17, 15) is 4.39 Å². The minimum absolute atomic E-state index is 0.201. The van der Waals surface area contributed by atoms with E-state index in [0.717, 1.165) is 11.1 Å². The van der Waals surface area contributed by atoms with Crippen LogP contribution in [0.1, 0.15) is 29.7 Å². The molecular formula is C10H14FN. The second-order valence-corrected chi connectivity index (χ2v) is 3.25. The summed E-state index contributed by atoms with van der Waals surface area (Å²) < 4.78 is 13.2. The number of rotatable bonds is 1. The number of hydrogen-bond donors (Lipinski definition) is 1. The van der Waals surface area contributed by atoms with Crippen molar-refractivity contribution in [3.8, 4) is 0 Å². The number of aryl methyl sites for hydroxylation is 2. The van der Waals surface area contributed by atoms with Gasteiger partial charge in [-0.2, -0.15) is 0 Å². The Morgan fingerprint density at radius 2 is 1.75 bits per heavy atom. The van der Waals surface area contributed by atoms with Gasteiger partial charge in [0.1, 0.15) is 5.82 Å². The van der Waals surface area contributed by atoms with Crippen LogP contribution in [0.15, 0.2) is 12.1 Å². The van der Waals surface area contributed by atoms with Gasteiger partial charge in [0.2, 0.25) is 0 Å². The molecule has 0 heterocycles. The van der Waals surface area contributed by atoms with Gasteiger partial charge in [0.25, 0.3) is 0 Å². The van der Waals surface area contributed by atoms with Crippen molar-refractivity contribution in [3.05, 3.63) is 34.6 Å². The summed E-state index contributed by atoms with van der Waals surface area (Å²) >= 11 is 0. The highest BCUT2D eigenvalue weighted by Gasteiger charge is 2.07. The van der Waals surface area contributed by atoms with Crippen LogP contribution in [-0.2, 0) is 0 Å². The zero-order valence-corrected chi connectivity index (χ0v) is 7.69. The molecule has 1 rings (SSSR count). The van der Waals surface area contributed by atoms with E-state index in [2.05, 4.69) is 0 Å². The van der Waals surface area contributed by atoms with Crippen molar-refractivity contribution in [1.82, 2.24) is 0 Å². The largest absolute Gasteiger partial charge is 0.324 e. The van der Waals surface area contributed by atoms with E-state index in [1.165, 1.54) is 6.07 Å². The lowest BCUT2D eigenvalue weighted by molar-refractivity contribution is 0.592. The molecule has 0 aliphatic rings. The number of hydrogen-bond acceptors (Lipinski definition) is 1. The van der Waals surface area contributed by atoms with Crippen LogP contribution in [0.5, 0.6) is 0 Å². The maximum Gasteiger partial charge on any atom is 0.128 e. The fourth-order valence-electron chi connectivity index (χ4n) is 1.15. The average molecular weight is 167 g/mol. The number of benzene rings is 1. The molecule has 0 aliphatic heterocycles. The van der Waals surface area contributed by atoms with Crippen LogP contribution in [0.4, 0.5) is 4.39 Å². The zero-order valence-electron chi connectivity index (χ0n) is 7.69. The summed E-state index contributed by atoms with van der Waals surface area (Å²) in [7, 11) is 0. The Labute approximate surface area is 72.4 Å². The summed E-state index contributed by atoms with van der Waals surface area (Å²) in [4.78, 5) is 0. The molecule has 0 aromatic heterocycles. The van der Waals surface area contributed by atoms with E-state index in [1.807, 2.05) is 19.9 Å². The maximum atomic E-state index is 13.2. The van der Waals surface area contributed by atoms with E-state index < -0.39 is 0 Å². The highest BCUT2D eigenvalue weighted by molar-refractivity contribution is 5.32. The molecule has 0 spiro atoms. The van der Waals surface area contributed by atoms with Crippen LogP contribution in [0.2, 0.25) is 0 Å². The van der Waals surface area contributed by atoms with Crippen molar-refractivity contribution in [2.75, 3.05) is 0 Å². The molecule has 2 N–H and O–H groups in total. The maximum absolute atomic E-state index is 13.2. The van der Waals surface area contributed by atoms with Crippen LogP contribution < -0.4 is 5.73 Å². The molecule has 0 amide bonds. The molecule has 1 nitrogen and oxygen atoms in total. The van der Waals surface area contributed by atoms with E-state index >= 15 is 0 Å². The van der Waals surface area contributed by atoms with Crippen LogP contribution >= 0.6 is 0 Å². The molecule has 0 saturated heterocycles. The van der Waals surface area contributed by atoms with Gasteiger partial charge in [-0.15, -0.1) is 0 Å². The first-order valence-corrected chi connectivity index (χ1v) is 4.04. The molecule has 0 radical (unpaired) electrons. The molecule has 1 atom stereocenters. The molecular weight excluding hydrogens is 153 g/mol. The minimum Gasteiger partial charge on any atom is -0.324 e. The molecule has 1 aromatic rings. The van der Waals surface area contributed by atoms with Gasteiger partial charge in [0.15, 0.2) is 0 Å². The monoisotopic (exact) mass is 167 g/mol. The summed E-state index contributed by atoms with van der Waals surface area (Å²) in [5.74, 6) is -0.201. The highest BCUT2D eigenvalue weighted by Crippen LogP contribution is 2.18. The molecule has 0 fully saturated rings. The quantitative estimate of drug-likeness (QED) is 0.683. The molecule has 66 valence electrons. The van der Waals surface area contributed by atoms with Crippen molar-refractivity contribution in [2.45, 2.75) is 26.8 Å². The van der Waals surface area contributed by atoms with Gasteiger partial charge < -0.3 is 5.73 Å². The molecule has 1 aromatic carbocycles. The fourth-order valence-corrected chi connectivity index (χ4v) is 1.15. The standard InChI is InChI=1S/C10H14FN/c1-6-4-9(8(3)12)10(11)5-7(6)2/h4-5,8H,12H2,1-3H3. The topological polar surface area (TPSA) is 26.0 Å². The molecule has 0 saturated carbocycles. The van der Waals surface area contributed by atoms with Crippen LogP contribution in [0.25, 0.3) is 0 Å². The Hall–Kier alpha value is -0.890. The van der Waals surface area contributed by atoms with Gasteiger partial charge in [-0.3, -0.25) is 0 Å². The van der Waals surface area contributed by atoms with Crippen molar-refractivity contribution in [2.24, 2.45) is 5.73 Å². The van der Waals surface area contributed by atoms with E-state index in [-0.39, 0.29) is 11.9 Å². The summed E-state index contributed by atoms with van der Waals surface area (Å²) in [6.45, 7) is 5.64. The summed E-state index contributed by atoms with van der Waals surface area (Å²) in [5, 5.41) is 0. The van der Waals surface area contributed by atoms with Gasteiger partial charge in [0.05, 0.1) is 0 Å². The van der Waals surface area contributed by atoms with Crippen LogP contribution in [0.3, 0.4) is 0 Å². The third-order valence-electron chi connectivity index (χ3n) is 2.10. The second-order valence-electron chi connectivity index (χ2n) is 3.25. The third kappa shape index (κ3) is 1.64. The Balaban J connectivity index is 3.23. The van der Waals surface area contributed by atoms with Crippen molar-refractivity contribution in [3.63, 3.8) is 0 Å². The predicted octanol–water partition coefficient (Wildman–Crippen LogP) is 2.46. The lowest BCUT2D eigenvalue weighted by atomic mass is 10.0. The van der Waals surface area contributed by atoms with Crippen molar-refractivity contribution < 1.29 is 4.39 Å². The van der Waals surface area contributed by atoms with Crippen molar-refractivity contribution in [1.29, 1.82) is 0 Å². The Morgan fingerprint density at radius 3 is 2.25 bits per heavy atom. The fraction of sp³-hybridized carbons (Fsp3) is 0.400. The first-order chi connectivity index (χ1) is 5.52. The zero-order chi connectivity index (χ0) is 9.30. The van der Waals surface area contributed by atoms with Crippen molar-refractivity contribution >= 4 is 0 Å². The predicted molar refractivity (Wildman–Crippen MR) is 48.5 cm³/mol. The molecule has 2 heteroatoms. The number of halogens is 1. The van der Waals surface area contributed by atoms with Gasteiger partial charge in [-0.25, -0.2) is 4.39 Å². The first kappa shape index (κ1) is 9.20. The summed E-state index contributed by atoms with van der Waals surface area (Å²) in [5.41, 5.74) is 8.25. The van der Waals surface area contributed by atoms with E-state index in [1.54, 1.807) is 6.92 Å². The van der Waals surface area contributed by atoms with Gasteiger partial charge >= 0.3 is 0 Å². The van der Waals surface area contributed by atoms with Crippen LogP contribution in [0, 0.1) is 19.7 Å². The normalized spacial score (nSPS) is 13.1. The van der Waals surface area contributed by atoms with Gasteiger partial charge in [-0.1, -0.05) is 6.07 Å². The highest BCUT2D eigenvalue weighted by atomic mass is 19.1. The lowest BCUT2D eigenvalue weighted by Crippen LogP contribution is -2.08. The number of nitrogens with two attached hydrogens (primary N) is 1. The molecule has 0 aliphatic carbocycles. The third-order valence-corrected chi connectivity index (χ3v) is 2.10. The SMILES string of the molecule is Cc1cc(F)c(C(C)N)cc1C. The molecule has 12 heavy (non-hydrogen) atoms. The van der Waals surface area contributed by atoms with E-state index in [0.29, 0.717) is 5.56 Å². The lowest BCUT2D eigenvalue weighted by Gasteiger charge is -2.09. The van der Waals surface area contributed by atoms with Gasteiger partial charge in [0, 0.05) is 11.6 Å².